The van der Waals surface area contributed by atoms with Crippen LogP contribution in [0.3, 0.4) is 0 Å². The van der Waals surface area contributed by atoms with Crippen molar-refractivity contribution in [3.05, 3.63) is 78.5 Å². The van der Waals surface area contributed by atoms with Gasteiger partial charge in [-0.15, -0.1) is 0 Å². The van der Waals surface area contributed by atoms with E-state index in [4.69, 9.17) is 23.7 Å². The summed E-state index contributed by atoms with van der Waals surface area (Å²) in [5.74, 6) is 0.729. The summed E-state index contributed by atoms with van der Waals surface area (Å²) in [6, 6.07) is 9.63. The Hall–Kier alpha value is -4.38. The smallest absolute Gasteiger partial charge is 0.338 e. The van der Waals surface area contributed by atoms with Crippen LogP contribution < -0.4 is 33.8 Å². The van der Waals surface area contributed by atoms with E-state index in [1.807, 2.05) is 26.8 Å². The molecule has 1 aliphatic rings. The van der Waals surface area contributed by atoms with Crippen LogP contribution in [0.15, 0.2) is 57.5 Å². The van der Waals surface area contributed by atoms with Gasteiger partial charge in [0, 0.05) is 6.92 Å². The normalized spacial score (nSPS) is 14.6. The molecule has 0 saturated heterocycles. The molecular weight excluding hydrogens is 560 g/mol. The third-order valence-corrected chi connectivity index (χ3v) is 7.20. The zero-order valence-corrected chi connectivity index (χ0v) is 25.3. The molecule has 42 heavy (non-hydrogen) atoms. The molecule has 0 amide bonds. The SMILES string of the molecule is CCOC(=O)C1=C(C)N=c2s/c(=C\c3ccc(OC(C)=O)c(OCC)c3)c(=O)n2[C@@H]1c1ccc(OCC)c(OCC)c1. The molecule has 222 valence electrons. The molecule has 0 unspecified atom stereocenters. The fourth-order valence-electron chi connectivity index (χ4n) is 4.62. The summed E-state index contributed by atoms with van der Waals surface area (Å²) >= 11 is 1.21. The Labute approximate surface area is 247 Å². The fraction of sp³-hybridized carbons (Fsp3) is 0.355. The highest BCUT2D eigenvalue weighted by Gasteiger charge is 2.34. The van der Waals surface area contributed by atoms with Gasteiger partial charge in [-0.3, -0.25) is 14.2 Å². The van der Waals surface area contributed by atoms with E-state index in [0.717, 1.165) is 0 Å². The summed E-state index contributed by atoms with van der Waals surface area (Å²) in [5, 5.41) is 0. The van der Waals surface area contributed by atoms with Crippen LogP contribution in [0.1, 0.15) is 58.7 Å². The molecular formula is C31H34N2O8S. The number of hydrogen-bond acceptors (Lipinski definition) is 10. The van der Waals surface area contributed by atoms with Gasteiger partial charge in [0.25, 0.3) is 5.56 Å². The van der Waals surface area contributed by atoms with E-state index in [1.165, 1.54) is 22.8 Å². The molecule has 0 saturated carbocycles. The van der Waals surface area contributed by atoms with Crippen molar-refractivity contribution in [2.24, 2.45) is 4.99 Å². The summed E-state index contributed by atoms with van der Waals surface area (Å²) in [6.45, 7) is 11.7. The lowest BCUT2D eigenvalue weighted by atomic mass is 9.95. The number of rotatable bonds is 11. The number of esters is 2. The monoisotopic (exact) mass is 594 g/mol. The number of benzene rings is 2. The van der Waals surface area contributed by atoms with E-state index in [9.17, 15) is 14.4 Å². The summed E-state index contributed by atoms with van der Waals surface area (Å²) in [7, 11) is 0. The molecule has 0 aliphatic carbocycles. The van der Waals surface area contributed by atoms with Crippen LogP contribution in [0.25, 0.3) is 6.08 Å². The van der Waals surface area contributed by atoms with Crippen LogP contribution in [0.4, 0.5) is 0 Å². The Morgan fingerprint density at radius 3 is 2.19 bits per heavy atom. The maximum Gasteiger partial charge on any atom is 0.338 e. The van der Waals surface area contributed by atoms with Gasteiger partial charge < -0.3 is 23.7 Å². The van der Waals surface area contributed by atoms with Crippen molar-refractivity contribution in [2.45, 2.75) is 47.6 Å². The molecule has 0 fully saturated rings. The zero-order chi connectivity index (χ0) is 30.4. The quantitative estimate of drug-likeness (QED) is 0.243. The van der Waals surface area contributed by atoms with Crippen molar-refractivity contribution in [3.63, 3.8) is 0 Å². The molecule has 2 aromatic carbocycles. The predicted molar refractivity (Wildman–Crippen MR) is 158 cm³/mol. The Morgan fingerprint density at radius 2 is 1.55 bits per heavy atom. The number of carbonyl (C=O) groups is 2. The predicted octanol–water partition coefficient (Wildman–Crippen LogP) is 3.92. The number of thiazole rings is 1. The van der Waals surface area contributed by atoms with Crippen molar-refractivity contribution in [1.29, 1.82) is 0 Å². The van der Waals surface area contributed by atoms with Crippen molar-refractivity contribution < 1.29 is 33.3 Å². The minimum atomic E-state index is -0.803. The Balaban J connectivity index is 1.91. The van der Waals surface area contributed by atoms with Crippen LogP contribution >= 0.6 is 11.3 Å². The van der Waals surface area contributed by atoms with Gasteiger partial charge in [0.1, 0.15) is 0 Å². The minimum absolute atomic E-state index is 0.172. The van der Waals surface area contributed by atoms with Gasteiger partial charge in [0.15, 0.2) is 27.8 Å². The van der Waals surface area contributed by atoms with Gasteiger partial charge >= 0.3 is 11.9 Å². The number of fused-ring (bicyclic) bond motifs is 1. The van der Waals surface area contributed by atoms with E-state index in [2.05, 4.69) is 4.99 Å². The highest BCUT2D eigenvalue weighted by molar-refractivity contribution is 7.07. The van der Waals surface area contributed by atoms with Crippen LogP contribution in [-0.4, -0.2) is 42.9 Å². The lowest BCUT2D eigenvalue weighted by molar-refractivity contribution is -0.139. The van der Waals surface area contributed by atoms with Crippen LogP contribution in [-0.2, 0) is 14.3 Å². The molecule has 11 heteroatoms. The highest BCUT2D eigenvalue weighted by Crippen LogP contribution is 2.36. The number of ether oxygens (including phenoxy) is 5. The third kappa shape index (κ3) is 6.41. The second-order valence-electron chi connectivity index (χ2n) is 9.11. The maximum absolute atomic E-state index is 14.0. The van der Waals surface area contributed by atoms with Gasteiger partial charge in [-0.25, -0.2) is 9.79 Å². The average molecular weight is 595 g/mol. The summed E-state index contributed by atoms with van der Waals surface area (Å²) < 4.78 is 29.8. The highest BCUT2D eigenvalue weighted by atomic mass is 32.1. The molecule has 0 spiro atoms. The molecule has 4 rings (SSSR count). The van der Waals surface area contributed by atoms with Gasteiger partial charge in [-0.1, -0.05) is 23.5 Å². The van der Waals surface area contributed by atoms with E-state index < -0.39 is 18.0 Å². The minimum Gasteiger partial charge on any atom is -0.490 e. The molecule has 3 aromatic rings. The zero-order valence-electron chi connectivity index (χ0n) is 24.5. The number of hydrogen-bond donors (Lipinski definition) is 0. The molecule has 0 radical (unpaired) electrons. The average Bonchev–Trinajstić information content (AvgIpc) is 3.24. The first-order valence-corrected chi connectivity index (χ1v) is 14.6. The van der Waals surface area contributed by atoms with Gasteiger partial charge in [0.2, 0.25) is 0 Å². The first-order valence-electron chi connectivity index (χ1n) is 13.8. The number of nitrogens with zero attached hydrogens (tertiary/aromatic N) is 2. The van der Waals surface area contributed by atoms with E-state index in [-0.39, 0.29) is 17.7 Å². The van der Waals surface area contributed by atoms with E-state index in [0.29, 0.717) is 69.0 Å². The summed E-state index contributed by atoms with van der Waals surface area (Å²) in [4.78, 5) is 43.8. The fourth-order valence-corrected chi connectivity index (χ4v) is 5.66. The Bertz CT molecular complexity index is 1700. The Morgan fingerprint density at radius 1 is 0.905 bits per heavy atom. The van der Waals surface area contributed by atoms with Crippen LogP contribution in [0, 0.1) is 0 Å². The third-order valence-electron chi connectivity index (χ3n) is 6.22. The van der Waals surface area contributed by atoms with E-state index >= 15 is 0 Å². The summed E-state index contributed by atoms with van der Waals surface area (Å²) in [5.41, 5.74) is 1.72. The number of carbonyl (C=O) groups excluding carboxylic acids is 2. The van der Waals surface area contributed by atoms with Gasteiger partial charge in [-0.2, -0.15) is 0 Å². The Kier molecular flexibility index (Phi) is 9.84. The van der Waals surface area contributed by atoms with Gasteiger partial charge in [0.05, 0.1) is 48.3 Å². The second kappa shape index (κ2) is 13.5. The van der Waals surface area contributed by atoms with Crippen LogP contribution in [0.5, 0.6) is 23.0 Å². The molecule has 1 aromatic heterocycles. The van der Waals surface area contributed by atoms with Crippen molar-refractivity contribution in [1.82, 2.24) is 4.57 Å². The van der Waals surface area contributed by atoms with Crippen LogP contribution in [0.2, 0.25) is 0 Å². The topological polar surface area (TPSA) is 115 Å². The molecule has 10 nitrogen and oxygen atoms in total. The molecule has 1 aliphatic heterocycles. The number of aromatic nitrogens is 1. The van der Waals surface area contributed by atoms with Crippen molar-refractivity contribution >= 4 is 29.4 Å². The maximum atomic E-state index is 14.0. The first-order chi connectivity index (χ1) is 20.2. The van der Waals surface area contributed by atoms with Crippen molar-refractivity contribution in [2.75, 3.05) is 26.4 Å². The molecule has 0 bridgehead atoms. The lowest BCUT2D eigenvalue weighted by Crippen LogP contribution is -2.40. The lowest BCUT2D eigenvalue weighted by Gasteiger charge is -2.25. The second-order valence-corrected chi connectivity index (χ2v) is 10.1. The van der Waals surface area contributed by atoms with Gasteiger partial charge in [-0.05, 0) is 76.1 Å². The largest absolute Gasteiger partial charge is 0.490 e. The molecule has 1 atom stereocenters. The number of allylic oxidation sites excluding steroid dienone is 1. The standard InChI is InChI=1S/C31H34N2O8S/c1-7-37-22-14-12-21(17-25(22)39-9-3)28-27(30(36)40-10-4)18(5)32-31-33(28)29(35)26(42-31)16-20-11-13-23(41-19(6)34)24(15-20)38-8-2/h11-17,28H,7-10H2,1-6H3/b26-16-/t28-/m1/s1. The summed E-state index contributed by atoms with van der Waals surface area (Å²) in [6.07, 6.45) is 1.72. The van der Waals surface area contributed by atoms with Crippen molar-refractivity contribution in [3.8, 4) is 23.0 Å². The molecule has 2 heterocycles. The first kappa shape index (κ1) is 30.6. The molecule has 0 N–H and O–H groups in total. The van der Waals surface area contributed by atoms with E-state index in [1.54, 1.807) is 50.3 Å².